The standard InChI is InChI=1S/C12H12ClN3O4S/c1-6-11(20-7(2)15-6)12(17)16-10-4-3-8(5-9(10)13)21(14,18)19/h3-5H,1-2H3,(H,16,17)(H2,14,18,19). The van der Waals surface area contributed by atoms with Gasteiger partial charge in [0, 0.05) is 6.92 Å². The third-order valence-corrected chi connectivity index (χ3v) is 3.85. The molecule has 7 nitrogen and oxygen atoms in total. The molecule has 3 N–H and O–H groups in total. The number of hydrogen-bond acceptors (Lipinski definition) is 5. The van der Waals surface area contributed by atoms with E-state index in [4.69, 9.17) is 21.2 Å². The van der Waals surface area contributed by atoms with E-state index >= 15 is 0 Å². The van der Waals surface area contributed by atoms with Crippen LogP contribution in [0.3, 0.4) is 0 Å². The number of aryl methyl sites for hydroxylation is 2. The van der Waals surface area contributed by atoms with Crippen molar-refractivity contribution >= 4 is 33.2 Å². The molecule has 112 valence electrons. The highest BCUT2D eigenvalue weighted by Gasteiger charge is 2.18. The lowest BCUT2D eigenvalue weighted by molar-refractivity contribution is 0.0994. The van der Waals surface area contributed by atoms with E-state index in [1.54, 1.807) is 13.8 Å². The van der Waals surface area contributed by atoms with Gasteiger partial charge in [-0.3, -0.25) is 4.79 Å². The summed E-state index contributed by atoms with van der Waals surface area (Å²) in [5.74, 6) is -0.0919. The van der Waals surface area contributed by atoms with Gasteiger partial charge in [-0.2, -0.15) is 0 Å². The Labute approximate surface area is 126 Å². The molecule has 0 fully saturated rings. The van der Waals surface area contributed by atoms with Gasteiger partial charge in [0.05, 0.1) is 21.3 Å². The maximum Gasteiger partial charge on any atom is 0.293 e. The number of amides is 1. The normalized spacial score (nSPS) is 11.4. The molecule has 9 heteroatoms. The zero-order valence-electron chi connectivity index (χ0n) is 11.2. The Hall–Kier alpha value is -1.90. The molecule has 0 aliphatic rings. The molecule has 1 aromatic heterocycles. The predicted octanol–water partition coefficient (Wildman–Crippen LogP) is 1.84. The fourth-order valence-electron chi connectivity index (χ4n) is 1.70. The fraction of sp³-hybridized carbons (Fsp3) is 0.167. The lowest BCUT2D eigenvalue weighted by Gasteiger charge is -2.07. The average Bonchev–Trinajstić information content (AvgIpc) is 2.69. The summed E-state index contributed by atoms with van der Waals surface area (Å²) < 4.78 is 27.6. The minimum atomic E-state index is -3.85. The largest absolute Gasteiger partial charge is 0.436 e. The molecule has 2 aromatic rings. The van der Waals surface area contributed by atoms with Gasteiger partial charge >= 0.3 is 0 Å². The van der Waals surface area contributed by atoms with E-state index < -0.39 is 15.9 Å². The van der Waals surface area contributed by atoms with Gasteiger partial charge in [0.2, 0.25) is 15.8 Å². The second-order valence-electron chi connectivity index (χ2n) is 4.29. The molecule has 1 heterocycles. The molecule has 0 bridgehead atoms. The van der Waals surface area contributed by atoms with Crippen molar-refractivity contribution in [2.45, 2.75) is 18.7 Å². The zero-order valence-corrected chi connectivity index (χ0v) is 12.7. The second kappa shape index (κ2) is 5.47. The summed E-state index contributed by atoms with van der Waals surface area (Å²) in [6.45, 7) is 3.26. The number of sulfonamides is 1. The van der Waals surface area contributed by atoms with Gasteiger partial charge in [-0.15, -0.1) is 0 Å². The first-order chi connectivity index (χ1) is 9.68. The smallest absolute Gasteiger partial charge is 0.293 e. The number of halogens is 1. The average molecular weight is 330 g/mol. The van der Waals surface area contributed by atoms with Crippen LogP contribution in [0.2, 0.25) is 5.02 Å². The second-order valence-corrected chi connectivity index (χ2v) is 6.26. The van der Waals surface area contributed by atoms with Crippen molar-refractivity contribution in [1.82, 2.24) is 4.98 Å². The Kier molecular flexibility index (Phi) is 4.04. The molecule has 0 aliphatic heterocycles. The van der Waals surface area contributed by atoms with Crippen LogP contribution < -0.4 is 10.5 Å². The number of aromatic nitrogens is 1. The van der Waals surface area contributed by atoms with Crippen molar-refractivity contribution in [3.05, 3.63) is 40.6 Å². The van der Waals surface area contributed by atoms with Gasteiger partial charge in [0.15, 0.2) is 5.89 Å². The summed E-state index contributed by atoms with van der Waals surface area (Å²) in [4.78, 5) is 15.9. The molecule has 0 spiro atoms. The Balaban J connectivity index is 2.28. The molecule has 1 amide bonds. The van der Waals surface area contributed by atoms with Crippen molar-refractivity contribution in [1.29, 1.82) is 0 Å². The van der Waals surface area contributed by atoms with Gasteiger partial charge in [-0.05, 0) is 25.1 Å². The summed E-state index contributed by atoms with van der Waals surface area (Å²) in [6, 6.07) is 3.75. The summed E-state index contributed by atoms with van der Waals surface area (Å²) in [7, 11) is -3.85. The fourth-order valence-corrected chi connectivity index (χ4v) is 2.53. The minimum absolute atomic E-state index is 0.0452. The van der Waals surface area contributed by atoms with Crippen LogP contribution in [0.25, 0.3) is 0 Å². The maximum atomic E-state index is 12.0. The number of carbonyl (C=O) groups is 1. The molecule has 1 aromatic carbocycles. The number of hydrogen-bond donors (Lipinski definition) is 2. The quantitative estimate of drug-likeness (QED) is 0.891. The number of primary sulfonamides is 1. The number of oxazole rings is 1. The lowest BCUT2D eigenvalue weighted by atomic mass is 10.3. The Morgan fingerprint density at radius 2 is 2.05 bits per heavy atom. The van der Waals surface area contributed by atoms with E-state index in [1.165, 1.54) is 12.1 Å². The summed E-state index contributed by atoms with van der Waals surface area (Å²) in [5, 5.41) is 7.56. The molecule has 21 heavy (non-hydrogen) atoms. The Bertz CT molecular complexity index is 814. The minimum Gasteiger partial charge on any atom is -0.436 e. The molecule has 0 atom stereocenters. The zero-order chi connectivity index (χ0) is 15.8. The van der Waals surface area contributed by atoms with Gasteiger partial charge in [-0.1, -0.05) is 11.6 Å². The van der Waals surface area contributed by atoms with Gasteiger partial charge in [0.25, 0.3) is 5.91 Å². The number of nitrogens with two attached hydrogens (primary N) is 1. The van der Waals surface area contributed by atoms with E-state index in [-0.39, 0.29) is 21.4 Å². The van der Waals surface area contributed by atoms with E-state index in [0.717, 1.165) is 6.07 Å². The van der Waals surface area contributed by atoms with Gasteiger partial charge < -0.3 is 9.73 Å². The monoisotopic (exact) mass is 329 g/mol. The maximum absolute atomic E-state index is 12.0. The molecular formula is C12H12ClN3O4S. The highest BCUT2D eigenvalue weighted by atomic mass is 35.5. The molecule has 0 saturated carbocycles. The summed E-state index contributed by atoms with van der Waals surface area (Å²) >= 11 is 5.93. The van der Waals surface area contributed by atoms with E-state index in [9.17, 15) is 13.2 Å². The van der Waals surface area contributed by atoms with Crippen molar-refractivity contribution in [3.8, 4) is 0 Å². The van der Waals surface area contributed by atoms with Gasteiger partial charge in [-0.25, -0.2) is 18.5 Å². The third kappa shape index (κ3) is 3.41. The molecular weight excluding hydrogens is 318 g/mol. The van der Waals surface area contributed by atoms with Crippen LogP contribution in [0.5, 0.6) is 0 Å². The highest BCUT2D eigenvalue weighted by molar-refractivity contribution is 7.89. The number of benzene rings is 1. The van der Waals surface area contributed by atoms with Crippen LogP contribution in [0.15, 0.2) is 27.5 Å². The van der Waals surface area contributed by atoms with Crippen molar-refractivity contribution in [2.75, 3.05) is 5.32 Å². The van der Waals surface area contributed by atoms with E-state index in [2.05, 4.69) is 10.3 Å². The van der Waals surface area contributed by atoms with Crippen LogP contribution in [-0.4, -0.2) is 19.3 Å². The number of nitrogens with zero attached hydrogens (tertiary/aromatic N) is 1. The number of anilines is 1. The first-order valence-corrected chi connectivity index (χ1v) is 7.68. The van der Waals surface area contributed by atoms with Crippen LogP contribution in [0.1, 0.15) is 22.1 Å². The lowest BCUT2D eigenvalue weighted by Crippen LogP contribution is -2.14. The van der Waals surface area contributed by atoms with Crippen LogP contribution in [-0.2, 0) is 10.0 Å². The van der Waals surface area contributed by atoms with Gasteiger partial charge in [0.1, 0.15) is 0 Å². The molecule has 0 saturated heterocycles. The molecule has 2 rings (SSSR count). The molecule has 0 aliphatic carbocycles. The third-order valence-electron chi connectivity index (χ3n) is 2.63. The van der Waals surface area contributed by atoms with Crippen LogP contribution in [0, 0.1) is 13.8 Å². The van der Waals surface area contributed by atoms with E-state index in [1.807, 2.05) is 0 Å². The van der Waals surface area contributed by atoms with Crippen LogP contribution >= 0.6 is 11.6 Å². The SMILES string of the molecule is Cc1nc(C)c(C(=O)Nc2ccc(S(N)(=O)=O)cc2Cl)o1. The molecule has 0 unspecified atom stereocenters. The summed E-state index contributed by atoms with van der Waals surface area (Å²) in [6.07, 6.45) is 0. The Morgan fingerprint density at radius 1 is 1.38 bits per heavy atom. The summed E-state index contributed by atoms with van der Waals surface area (Å²) in [5.41, 5.74) is 0.685. The molecule has 0 radical (unpaired) electrons. The van der Waals surface area contributed by atoms with Crippen molar-refractivity contribution in [3.63, 3.8) is 0 Å². The van der Waals surface area contributed by atoms with E-state index in [0.29, 0.717) is 11.6 Å². The Morgan fingerprint density at radius 3 is 2.52 bits per heavy atom. The topological polar surface area (TPSA) is 115 Å². The van der Waals surface area contributed by atoms with Crippen molar-refractivity contribution in [2.24, 2.45) is 5.14 Å². The highest BCUT2D eigenvalue weighted by Crippen LogP contribution is 2.25. The number of rotatable bonds is 3. The number of nitrogens with one attached hydrogen (secondary N) is 1. The van der Waals surface area contributed by atoms with Crippen molar-refractivity contribution < 1.29 is 17.6 Å². The van der Waals surface area contributed by atoms with Crippen LogP contribution in [0.4, 0.5) is 5.69 Å². The predicted molar refractivity (Wildman–Crippen MR) is 76.8 cm³/mol. The first kappa shape index (κ1) is 15.5. The first-order valence-electron chi connectivity index (χ1n) is 5.76. The number of carbonyl (C=O) groups excluding carboxylic acids is 1.